The smallest absolute Gasteiger partial charge is 0.338 e. The first-order valence-corrected chi connectivity index (χ1v) is 9.11. The molecule has 3 rings (SSSR count). The maximum Gasteiger partial charge on any atom is 0.338 e. The Hall–Kier alpha value is -3.26. The molecule has 2 amide bonds. The van der Waals surface area contributed by atoms with Gasteiger partial charge in [-0.1, -0.05) is 12.1 Å². The summed E-state index contributed by atoms with van der Waals surface area (Å²) in [5.41, 5.74) is 1.14. The van der Waals surface area contributed by atoms with Crippen LogP contribution in [0.15, 0.2) is 46.4 Å². The van der Waals surface area contributed by atoms with Crippen molar-refractivity contribution in [2.24, 2.45) is 0 Å². The third-order valence-electron chi connectivity index (χ3n) is 4.10. The molecule has 7 nitrogen and oxygen atoms in total. The molecule has 0 bridgehead atoms. The van der Waals surface area contributed by atoms with Gasteiger partial charge < -0.3 is 9.15 Å². The molecule has 1 N–H and O–H groups in total. The highest BCUT2D eigenvalue weighted by molar-refractivity contribution is 7.80. The first kappa shape index (κ1) is 19.5. The predicted octanol–water partition coefficient (Wildman–Crippen LogP) is 2.77. The molecule has 1 aromatic heterocycles. The third kappa shape index (κ3) is 3.86. The molecule has 2 aromatic rings. The van der Waals surface area contributed by atoms with Gasteiger partial charge in [0.25, 0.3) is 11.8 Å². The van der Waals surface area contributed by atoms with Crippen LogP contribution < -0.4 is 5.32 Å². The molecule has 0 aliphatic carbocycles. The summed E-state index contributed by atoms with van der Waals surface area (Å²) in [6, 6.07) is 10.1. The van der Waals surface area contributed by atoms with Crippen molar-refractivity contribution in [2.75, 3.05) is 13.2 Å². The zero-order valence-electron chi connectivity index (χ0n) is 15.4. The first-order chi connectivity index (χ1) is 13.4. The number of furan rings is 1. The maximum absolute atomic E-state index is 12.4. The largest absolute Gasteiger partial charge is 0.462 e. The van der Waals surface area contributed by atoms with Gasteiger partial charge in [0.15, 0.2) is 5.11 Å². The van der Waals surface area contributed by atoms with E-state index < -0.39 is 11.8 Å². The van der Waals surface area contributed by atoms with Crippen molar-refractivity contribution in [3.63, 3.8) is 0 Å². The SMILES string of the molecule is CCOC(=O)c1ccc(-c2ccc(/C=C3/C(=O)NC(=S)N(CC)C3=O)o2)cc1. The van der Waals surface area contributed by atoms with Crippen LogP contribution in [0.2, 0.25) is 0 Å². The van der Waals surface area contributed by atoms with Crippen molar-refractivity contribution < 1.29 is 23.5 Å². The molecule has 8 heteroatoms. The second kappa shape index (κ2) is 8.18. The molecule has 0 radical (unpaired) electrons. The molecule has 28 heavy (non-hydrogen) atoms. The molecule has 1 aromatic carbocycles. The molecule has 1 aliphatic rings. The zero-order valence-corrected chi connectivity index (χ0v) is 16.2. The van der Waals surface area contributed by atoms with Crippen LogP contribution in [-0.2, 0) is 14.3 Å². The Bertz CT molecular complexity index is 975. The molecule has 0 unspecified atom stereocenters. The number of thiocarbonyl (C=S) groups is 1. The molecule has 1 fully saturated rings. The van der Waals surface area contributed by atoms with Gasteiger partial charge in [-0.3, -0.25) is 19.8 Å². The van der Waals surface area contributed by atoms with Crippen molar-refractivity contribution in [3.8, 4) is 11.3 Å². The monoisotopic (exact) mass is 398 g/mol. The van der Waals surface area contributed by atoms with E-state index in [2.05, 4.69) is 5.32 Å². The molecule has 0 atom stereocenters. The number of amides is 2. The fraction of sp³-hybridized carbons (Fsp3) is 0.200. The summed E-state index contributed by atoms with van der Waals surface area (Å²) in [6.45, 7) is 4.18. The van der Waals surface area contributed by atoms with Gasteiger partial charge in [-0.25, -0.2) is 4.79 Å². The Balaban J connectivity index is 1.83. The molecule has 1 saturated heterocycles. The van der Waals surface area contributed by atoms with Crippen LogP contribution in [0.25, 0.3) is 17.4 Å². The Labute approximate surface area is 167 Å². The number of carbonyl (C=O) groups is 3. The summed E-state index contributed by atoms with van der Waals surface area (Å²) in [4.78, 5) is 37.6. The van der Waals surface area contributed by atoms with E-state index >= 15 is 0 Å². The maximum atomic E-state index is 12.4. The third-order valence-corrected chi connectivity index (χ3v) is 4.42. The molecular weight excluding hydrogens is 380 g/mol. The van der Waals surface area contributed by atoms with Gasteiger partial charge in [-0.2, -0.15) is 0 Å². The van der Waals surface area contributed by atoms with E-state index in [9.17, 15) is 14.4 Å². The number of esters is 1. The number of rotatable bonds is 5. The van der Waals surface area contributed by atoms with Gasteiger partial charge in [0.1, 0.15) is 17.1 Å². The van der Waals surface area contributed by atoms with Crippen LogP contribution in [0.1, 0.15) is 30.0 Å². The average Bonchev–Trinajstić information content (AvgIpc) is 3.14. The summed E-state index contributed by atoms with van der Waals surface area (Å²) in [5.74, 6) is -0.524. The number of hydrogen-bond acceptors (Lipinski definition) is 6. The molecular formula is C20H18N2O5S. The number of likely N-dealkylation sites (N-methyl/N-ethyl adjacent to an activating group) is 1. The van der Waals surface area contributed by atoms with E-state index in [0.717, 1.165) is 5.56 Å². The minimum atomic E-state index is -0.559. The van der Waals surface area contributed by atoms with E-state index in [1.165, 1.54) is 11.0 Å². The molecule has 1 aliphatic heterocycles. The van der Waals surface area contributed by atoms with E-state index in [1.807, 2.05) is 0 Å². The number of benzene rings is 1. The highest BCUT2D eigenvalue weighted by atomic mass is 32.1. The second-order valence-corrected chi connectivity index (χ2v) is 6.25. The number of hydrogen-bond donors (Lipinski definition) is 1. The van der Waals surface area contributed by atoms with Gasteiger partial charge in [0.05, 0.1) is 12.2 Å². The number of nitrogens with zero attached hydrogens (tertiary/aromatic N) is 1. The van der Waals surface area contributed by atoms with Crippen LogP contribution in [0.5, 0.6) is 0 Å². The van der Waals surface area contributed by atoms with E-state index in [1.54, 1.807) is 50.2 Å². The standard InChI is InChI=1S/C20H18N2O5S/c1-3-22-18(24)15(17(23)21-20(22)28)11-14-9-10-16(27-14)12-5-7-13(8-6-12)19(25)26-4-2/h5-11H,3-4H2,1-2H3,(H,21,23,28)/b15-11-. The quantitative estimate of drug-likeness (QED) is 0.361. The molecule has 2 heterocycles. The fourth-order valence-corrected chi connectivity index (χ4v) is 3.00. The van der Waals surface area contributed by atoms with Crippen LogP contribution >= 0.6 is 12.2 Å². The summed E-state index contributed by atoms with van der Waals surface area (Å²) in [5, 5.41) is 2.58. The van der Waals surface area contributed by atoms with Gasteiger partial charge >= 0.3 is 5.97 Å². The lowest BCUT2D eigenvalue weighted by Crippen LogP contribution is -2.53. The summed E-state index contributed by atoms with van der Waals surface area (Å²) in [7, 11) is 0. The van der Waals surface area contributed by atoms with Crippen LogP contribution in [0, 0.1) is 0 Å². The predicted molar refractivity (Wildman–Crippen MR) is 106 cm³/mol. The number of nitrogens with one attached hydrogen (secondary N) is 1. The second-order valence-electron chi connectivity index (χ2n) is 5.87. The Morgan fingerprint density at radius 3 is 2.54 bits per heavy atom. The van der Waals surface area contributed by atoms with Crippen LogP contribution in [-0.4, -0.2) is 40.9 Å². The zero-order chi connectivity index (χ0) is 20.3. The van der Waals surface area contributed by atoms with Crippen LogP contribution in [0.4, 0.5) is 0 Å². The number of carbonyl (C=O) groups excluding carboxylic acids is 3. The molecule has 0 saturated carbocycles. The first-order valence-electron chi connectivity index (χ1n) is 8.70. The van der Waals surface area contributed by atoms with Crippen molar-refractivity contribution in [1.29, 1.82) is 0 Å². The lowest BCUT2D eigenvalue weighted by atomic mass is 10.1. The van der Waals surface area contributed by atoms with Crippen molar-refractivity contribution in [1.82, 2.24) is 10.2 Å². The number of ether oxygens (including phenoxy) is 1. The summed E-state index contributed by atoms with van der Waals surface area (Å²) in [6.07, 6.45) is 1.39. The Morgan fingerprint density at radius 1 is 1.18 bits per heavy atom. The lowest BCUT2D eigenvalue weighted by molar-refractivity contribution is -0.128. The molecule has 144 valence electrons. The van der Waals surface area contributed by atoms with Crippen molar-refractivity contribution in [3.05, 3.63) is 53.3 Å². The van der Waals surface area contributed by atoms with E-state index in [-0.39, 0.29) is 16.7 Å². The highest BCUT2D eigenvalue weighted by Gasteiger charge is 2.32. The summed E-state index contributed by atoms with van der Waals surface area (Å²) >= 11 is 5.00. The Morgan fingerprint density at radius 2 is 1.89 bits per heavy atom. The van der Waals surface area contributed by atoms with Gasteiger partial charge in [0.2, 0.25) is 0 Å². The van der Waals surface area contributed by atoms with Gasteiger partial charge in [-0.15, -0.1) is 0 Å². The Kier molecular flexibility index (Phi) is 5.70. The van der Waals surface area contributed by atoms with E-state index in [0.29, 0.717) is 30.2 Å². The average molecular weight is 398 g/mol. The van der Waals surface area contributed by atoms with Crippen molar-refractivity contribution >= 4 is 41.2 Å². The van der Waals surface area contributed by atoms with Gasteiger partial charge in [0, 0.05) is 12.1 Å². The van der Waals surface area contributed by atoms with Crippen molar-refractivity contribution in [2.45, 2.75) is 13.8 Å². The normalized spacial score (nSPS) is 15.7. The summed E-state index contributed by atoms with van der Waals surface area (Å²) < 4.78 is 10.7. The topological polar surface area (TPSA) is 88.9 Å². The molecule has 0 spiro atoms. The minimum Gasteiger partial charge on any atom is -0.462 e. The highest BCUT2D eigenvalue weighted by Crippen LogP contribution is 2.25. The fourth-order valence-electron chi connectivity index (χ4n) is 2.69. The minimum absolute atomic E-state index is 0.0472. The van der Waals surface area contributed by atoms with Gasteiger partial charge in [-0.05, 0) is 56.4 Å². The van der Waals surface area contributed by atoms with Crippen LogP contribution in [0.3, 0.4) is 0 Å². The van der Waals surface area contributed by atoms with E-state index in [4.69, 9.17) is 21.4 Å². The lowest BCUT2D eigenvalue weighted by Gasteiger charge is -2.27.